The van der Waals surface area contributed by atoms with Gasteiger partial charge in [0.2, 0.25) is 0 Å². The fourth-order valence-electron chi connectivity index (χ4n) is 2.59. The molecule has 3 nitrogen and oxygen atoms in total. The molecule has 0 radical (unpaired) electrons. The highest BCUT2D eigenvalue weighted by atomic mass is 35.5. The molecule has 1 amide bonds. The molecule has 0 bridgehead atoms. The van der Waals surface area contributed by atoms with Gasteiger partial charge < -0.3 is 4.90 Å². The minimum absolute atomic E-state index is 0.0503. The summed E-state index contributed by atoms with van der Waals surface area (Å²) in [5.74, 6) is 0.0503. The van der Waals surface area contributed by atoms with E-state index >= 15 is 0 Å². The summed E-state index contributed by atoms with van der Waals surface area (Å²) in [6.07, 6.45) is 5.95. The van der Waals surface area contributed by atoms with Crippen LogP contribution in [0.2, 0.25) is 5.15 Å². The van der Waals surface area contributed by atoms with Gasteiger partial charge in [-0.1, -0.05) is 30.9 Å². The molecule has 1 aromatic heterocycles. The third-order valence-corrected chi connectivity index (χ3v) is 3.81. The van der Waals surface area contributed by atoms with Gasteiger partial charge in [-0.15, -0.1) is 0 Å². The summed E-state index contributed by atoms with van der Waals surface area (Å²) >= 11 is 5.90. The van der Waals surface area contributed by atoms with Crippen molar-refractivity contribution in [3.63, 3.8) is 0 Å². The first-order chi connectivity index (χ1) is 8.58. The molecule has 1 saturated carbocycles. The van der Waals surface area contributed by atoms with Crippen LogP contribution in [-0.4, -0.2) is 28.9 Å². The monoisotopic (exact) mass is 266 g/mol. The first kappa shape index (κ1) is 13.3. The van der Waals surface area contributed by atoms with E-state index in [9.17, 15) is 4.79 Å². The highest BCUT2D eigenvalue weighted by Gasteiger charge is 2.23. The van der Waals surface area contributed by atoms with E-state index in [0.29, 0.717) is 16.8 Å². The van der Waals surface area contributed by atoms with Crippen LogP contribution in [-0.2, 0) is 0 Å². The van der Waals surface area contributed by atoms with Gasteiger partial charge in [0.05, 0.1) is 0 Å². The first-order valence-corrected chi connectivity index (χ1v) is 6.87. The fraction of sp³-hybridized carbons (Fsp3) is 0.571. The maximum atomic E-state index is 12.4. The molecule has 0 spiro atoms. The van der Waals surface area contributed by atoms with Crippen molar-refractivity contribution < 1.29 is 4.79 Å². The van der Waals surface area contributed by atoms with Crippen LogP contribution < -0.4 is 0 Å². The van der Waals surface area contributed by atoms with Crippen LogP contribution in [0.15, 0.2) is 12.1 Å². The van der Waals surface area contributed by atoms with Gasteiger partial charge >= 0.3 is 0 Å². The lowest BCUT2D eigenvalue weighted by molar-refractivity contribution is 0.0696. The molecule has 1 aliphatic rings. The number of hydrogen-bond acceptors (Lipinski definition) is 2. The smallest absolute Gasteiger partial charge is 0.254 e. The summed E-state index contributed by atoms with van der Waals surface area (Å²) in [6.45, 7) is 1.85. The Hall–Kier alpha value is -1.09. The minimum Gasteiger partial charge on any atom is -0.339 e. The van der Waals surface area contributed by atoms with Crippen molar-refractivity contribution >= 4 is 17.5 Å². The topological polar surface area (TPSA) is 33.2 Å². The summed E-state index contributed by atoms with van der Waals surface area (Å²) in [7, 11) is 1.89. The molecule has 0 atom stereocenters. The van der Waals surface area contributed by atoms with Crippen molar-refractivity contribution in [2.75, 3.05) is 7.05 Å². The second kappa shape index (κ2) is 5.70. The molecule has 1 aromatic rings. The molecule has 0 N–H and O–H groups in total. The van der Waals surface area contributed by atoms with E-state index in [2.05, 4.69) is 4.98 Å². The van der Waals surface area contributed by atoms with Gasteiger partial charge in [0.15, 0.2) is 0 Å². The summed E-state index contributed by atoms with van der Waals surface area (Å²) in [4.78, 5) is 18.3. The van der Waals surface area contributed by atoms with Crippen molar-refractivity contribution in [3.8, 4) is 0 Å². The first-order valence-electron chi connectivity index (χ1n) is 6.49. The lowest BCUT2D eigenvalue weighted by Gasteiger charge is -2.31. The number of carbonyl (C=O) groups excluding carboxylic acids is 1. The van der Waals surface area contributed by atoms with Crippen molar-refractivity contribution in [1.82, 2.24) is 9.88 Å². The molecule has 1 fully saturated rings. The molecule has 2 rings (SSSR count). The Morgan fingerprint density at radius 2 is 2.00 bits per heavy atom. The molecule has 4 heteroatoms. The number of nitrogens with zero attached hydrogens (tertiary/aromatic N) is 2. The maximum absolute atomic E-state index is 12.4. The molecule has 1 heterocycles. The molecule has 1 aliphatic carbocycles. The van der Waals surface area contributed by atoms with Gasteiger partial charge in [-0.05, 0) is 31.9 Å². The Balaban J connectivity index is 2.14. The fourth-order valence-corrected chi connectivity index (χ4v) is 2.84. The van der Waals surface area contributed by atoms with E-state index in [-0.39, 0.29) is 5.91 Å². The quantitative estimate of drug-likeness (QED) is 0.768. The average Bonchev–Trinajstić information content (AvgIpc) is 2.37. The van der Waals surface area contributed by atoms with Crippen LogP contribution in [0.4, 0.5) is 0 Å². The minimum atomic E-state index is 0.0503. The number of aryl methyl sites for hydroxylation is 1. The van der Waals surface area contributed by atoms with E-state index in [4.69, 9.17) is 11.6 Å². The van der Waals surface area contributed by atoms with E-state index in [1.807, 2.05) is 18.9 Å². The molecule has 0 unspecified atom stereocenters. The average molecular weight is 267 g/mol. The Morgan fingerprint density at radius 1 is 1.33 bits per heavy atom. The normalized spacial score (nSPS) is 16.6. The number of hydrogen-bond donors (Lipinski definition) is 0. The molecule has 0 aliphatic heterocycles. The summed E-state index contributed by atoms with van der Waals surface area (Å²) in [5, 5.41) is 0.385. The second-order valence-electron chi connectivity index (χ2n) is 5.03. The van der Waals surface area contributed by atoms with E-state index in [1.165, 1.54) is 19.3 Å². The standard InChI is InChI=1S/C14H19ClN2O/c1-10-8-11(9-13(15)16-10)14(18)17(2)12-6-4-3-5-7-12/h8-9,12H,3-7H2,1-2H3. The summed E-state index contributed by atoms with van der Waals surface area (Å²) in [6, 6.07) is 3.82. The van der Waals surface area contributed by atoms with Crippen molar-refractivity contribution in [2.24, 2.45) is 0 Å². The molecule has 18 heavy (non-hydrogen) atoms. The van der Waals surface area contributed by atoms with Crippen LogP contribution in [0, 0.1) is 6.92 Å². The lowest BCUT2D eigenvalue weighted by atomic mass is 9.94. The van der Waals surface area contributed by atoms with Crippen molar-refractivity contribution in [1.29, 1.82) is 0 Å². The van der Waals surface area contributed by atoms with Gasteiger partial charge in [0.1, 0.15) is 5.15 Å². The summed E-state index contributed by atoms with van der Waals surface area (Å²) < 4.78 is 0. The zero-order valence-corrected chi connectivity index (χ0v) is 11.7. The Morgan fingerprint density at radius 3 is 2.61 bits per heavy atom. The Labute approximate surface area is 113 Å². The highest BCUT2D eigenvalue weighted by molar-refractivity contribution is 6.29. The van der Waals surface area contributed by atoms with Gasteiger partial charge in [0.25, 0.3) is 5.91 Å². The third kappa shape index (κ3) is 3.02. The zero-order valence-electron chi connectivity index (χ0n) is 10.9. The predicted octanol–water partition coefficient (Wildman–Crippen LogP) is 3.45. The van der Waals surface area contributed by atoms with Gasteiger partial charge in [-0.2, -0.15) is 0 Å². The number of carbonyl (C=O) groups is 1. The van der Waals surface area contributed by atoms with E-state index < -0.39 is 0 Å². The number of halogens is 1. The molecule has 0 aromatic carbocycles. The zero-order chi connectivity index (χ0) is 13.1. The van der Waals surface area contributed by atoms with Gasteiger partial charge in [-0.3, -0.25) is 4.79 Å². The van der Waals surface area contributed by atoms with Crippen LogP contribution in [0.25, 0.3) is 0 Å². The third-order valence-electron chi connectivity index (χ3n) is 3.61. The van der Waals surface area contributed by atoms with Crippen LogP contribution >= 0.6 is 11.6 Å². The van der Waals surface area contributed by atoms with E-state index in [0.717, 1.165) is 18.5 Å². The number of rotatable bonds is 2. The van der Waals surface area contributed by atoms with Crippen molar-refractivity contribution in [3.05, 3.63) is 28.5 Å². The largest absolute Gasteiger partial charge is 0.339 e. The van der Waals surface area contributed by atoms with Crippen LogP contribution in [0.1, 0.15) is 48.2 Å². The lowest BCUT2D eigenvalue weighted by Crippen LogP contribution is -2.38. The Bertz CT molecular complexity index is 421. The molecular formula is C14H19ClN2O. The predicted molar refractivity (Wildman–Crippen MR) is 73.0 cm³/mol. The number of amides is 1. The molecular weight excluding hydrogens is 248 g/mol. The van der Waals surface area contributed by atoms with Gasteiger partial charge in [0, 0.05) is 24.3 Å². The number of aromatic nitrogens is 1. The number of pyridine rings is 1. The Kier molecular flexibility index (Phi) is 4.23. The molecule has 0 saturated heterocycles. The van der Waals surface area contributed by atoms with Gasteiger partial charge in [-0.25, -0.2) is 4.98 Å². The van der Waals surface area contributed by atoms with E-state index in [1.54, 1.807) is 12.1 Å². The van der Waals surface area contributed by atoms with Crippen molar-refractivity contribution in [2.45, 2.75) is 45.1 Å². The van der Waals surface area contributed by atoms with Crippen LogP contribution in [0.3, 0.4) is 0 Å². The maximum Gasteiger partial charge on any atom is 0.254 e. The SMILES string of the molecule is Cc1cc(C(=O)N(C)C2CCCCC2)cc(Cl)n1. The second-order valence-corrected chi connectivity index (χ2v) is 5.42. The molecule has 98 valence electrons. The summed E-state index contributed by atoms with van der Waals surface area (Å²) in [5.41, 5.74) is 1.42. The highest BCUT2D eigenvalue weighted by Crippen LogP contribution is 2.23. The van der Waals surface area contributed by atoms with Crippen LogP contribution in [0.5, 0.6) is 0 Å².